The van der Waals surface area contributed by atoms with Crippen molar-refractivity contribution < 1.29 is 28.0 Å². The monoisotopic (exact) mass is 514 g/mol. The quantitative estimate of drug-likeness (QED) is 0.151. The van der Waals surface area contributed by atoms with Crippen LogP contribution in [-0.2, 0) is 14.8 Å². The van der Waals surface area contributed by atoms with Gasteiger partial charge in [-0.3, -0.25) is 10.0 Å². The fraction of sp³-hybridized carbons (Fsp3) is 0.280. The van der Waals surface area contributed by atoms with Crippen molar-refractivity contribution in [2.45, 2.75) is 36.7 Å². The first-order chi connectivity index (χ1) is 17.2. The molecule has 0 saturated carbocycles. The highest BCUT2D eigenvalue weighted by atomic mass is 32.2. The average molecular weight is 515 g/mol. The molecule has 2 atom stereocenters. The Hall–Kier alpha value is -3.67. The van der Waals surface area contributed by atoms with E-state index in [1.165, 1.54) is 36.9 Å². The molecule has 0 aliphatic heterocycles. The van der Waals surface area contributed by atoms with Gasteiger partial charge in [-0.15, -0.1) is 0 Å². The summed E-state index contributed by atoms with van der Waals surface area (Å²) in [6.45, 7) is 2.07. The largest absolute Gasteiger partial charge is 0.497 e. The van der Waals surface area contributed by atoms with Gasteiger partial charge in [0, 0.05) is 6.54 Å². The van der Waals surface area contributed by atoms with Gasteiger partial charge < -0.3 is 15.4 Å². The summed E-state index contributed by atoms with van der Waals surface area (Å²) in [6, 6.07) is 17.6. The number of hydrogen-bond acceptors (Lipinski definition) is 6. The van der Waals surface area contributed by atoms with E-state index in [4.69, 9.17) is 9.94 Å². The Kier molecular flexibility index (Phi) is 9.23. The minimum absolute atomic E-state index is 0.0426. The summed E-state index contributed by atoms with van der Waals surface area (Å²) < 4.78 is 32.6. The smallest absolute Gasteiger partial charge is 0.315 e. The first-order valence-corrected chi connectivity index (χ1v) is 12.9. The molecule has 3 amide bonds. The number of carbonyl (C=O) groups excluding carboxylic acids is 2. The van der Waals surface area contributed by atoms with E-state index in [0.29, 0.717) is 5.75 Å². The summed E-state index contributed by atoms with van der Waals surface area (Å²) in [5, 5.41) is 16.8. The Morgan fingerprint density at radius 2 is 1.69 bits per heavy atom. The number of nitrogens with one attached hydrogen (secondary N) is 4. The number of urea groups is 1. The Labute approximate surface area is 210 Å². The predicted molar refractivity (Wildman–Crippen MR) is 135 cm³/mol. The molecule has 0 aliphatic rings. The van der Waals surface area contributed by atoms with E-state index in [1.807, 2.05) is 49.4 Å². The SMILES string of the molecule is COc1ccc(S(=O)(=O)N[C@H](CCCNC(=O)N[C@H](C)c2cccc3ccccc23)C(=O)NO)cc1. The van der Waals surface area contributed by atoms with Crippen LogP contribution in [0.5, 0.6) is 5.75 Å². The summed E-state index contributed by atoms with van der Waals surface area (Å²) >= 11 is 0. The Balaban J connectivity index is 1.53. The molecule has 11 heteroatoms. The summed E-state index contributed by atoms with van der Waals surface area (Å²) in [5.74, 6) is -0.418. The Morgan fingerprint density at radius 3 is 2.39 bits per heavy atom. The van der Waals surface area contributed by atoms with Crippen LogP contribution in [0.15, 0.2) is 71.6 Å². The van der Waals surface area contributed by atoms with Crippen LogP contribution in [0.1, 0.15) is 31.4 Å². The average Bonchev–Trinajstić information content (AvgIpc) is 2.89. The van der Waals surface area contributed by atoms with Crippen LogP contribution in [-0.4, -0.2) is 45.3 Å². The van der Waals surface area contributed by atoms with Gasteiger partial charge in [0.05, 0.1) is 18.0 Å². The van der Waals surface area contributed by atoms with Crippen LogP contribution in [0.3, 0.4) is 0 Å². The molecular weight excluding hydrogens is 484 g/mol. The van der Waals surface area contributed by atoms with Crippen LogP contribution < -0.4 is 25.6 Å². The summed E-state index contributed by atoms with van der Waals surface area (Å²) in [6.07, 6.45) is 0.320. The molecule has 0 fully saturated rings. The van der Waals surface area contributed by atoms with Crippen molar-refractivity contribution in [3.05, 3.63) is 72.3 Å². The third-order valence-corrected chi connectivity index (χ3v) is 7.17. The van der Waals surface area contributed by atoms with Crippen molar-refractivity contribution in [2.24, 2.45) is 0 Å². The van der Waals surface area contributed by atoms with Gasteiger partial charge in [0.15, 0.2) is 0 Å². The molecule has 0 bridgehead atoms. The minimum Gasteiger partial charge on any atom is -0.497 e. The van der Waals surface area contributed by atoms with E-state index in [2.05, 4.69) is 15.4 Å². The van der Waals surface area contributed by atoms with Crippen molar-refractivity contribution >= 4 is 32.7 Å². The number of benzene rings is 3. The normalized spacial score (nSPS) is 13.0. The second kappa shape index (κ2) is 12.3. The number of amides is 3. The number of carbonyl (C=O) groups is 2. The van der Waals surface area contributed by atoms with Crippen LogP contribution in [0, 0.1) is 0 Å². The number of methoxy groups -OCH3 is 1. The first kappa shape index (κ1) is 26.9. The van der Waals surface area contributed by atoms with Gasteiger partial charge in [-0.05, 0) is 60.4 Å². The lowest BCUT2D eigenvalue weighted by atomic mass is 10.00. The molecule has 192 valence electrons. The fourth-order valence-electron chi connectivity index (χ4n) is 3.79. The molecular formula is C25H30N4O6S. The van der Waals surface area contributed by atoms with Gasteiger partial charge in [-0.25, -0.2) is 18.7 Å². The van der Waals surface area contributed by atoms with E-state index >= 15 is 0 Å². The summed E-state index contributed by atoms with van der Waals surface area (Å²) in [4.78, 5) is 24.4. The molecule has 36 heavy (non-hydrogen) atoms. The highest BCUT2D eigenvalue weighted by molar-refractivity contribution is 7.89. The number of sulfonamides is 1. The van der Waals surface area contributed by atoms with Gasteiger partial charge in [-0.1, -0.05) is 42.5 Å². The molecule has 0 aliphatic carbocycles. The fourth-order valence-corrected chi connectivity index (χ4v) is 5.02. The molecule has 0 saturated heterocycles. The molecule has 10 nitrogen and oxygen atoms in total. The zero-order valence-electron chi connectivity index (χ0n) is 20.0. The van der Waals surface area contributed by atoms with Crippen LogP contribution in [0.2, 0.25) is 0 Å². The van der Waals surface area contributed by atoms with Gasteiger partial charge >= 0.3 is 6.03 Å². The van der Waals surface area contributed by atoms with E-state index in [-0.39, 0.29) is 30.3 Å². The van der Waals surface area contributed by atoms with Gasteiger partial charge in [0.2, 0.25) is 10.0 Å². The first-order valence-electron chi connectivity index (χ1n) is 11.4. The minimum atomic E-state index is -4.03. The molecule has 0 radical (unpaired) electrons. The molecule has 5 N–H and O–H groups in total. The molecule has 3 aromatic carbocycles. The maximum atomic E-state index is 12.7. The third kappa shape index (κ3) is 6.94. The zero-order chi connectivity index (χ0) is 26.1. The number of fused-ring (bicyclic) bond motifs is 1. The molecule has 3 aromatic rings. The van der Waals surface area contributed by atoms with Gasteiger partial charge in [-0.2, -0.15) is 4.72 Å². The number of hydrogen-bond donors (Lipinski definition) is 5. The Bertz CT molecular complexity index is 1290. The van der Waals surface area contributed by atoms with Gasteiger partial charge in [0.25, 0.3) is 5.91 Å². The van der Waals surface area contributed by atoms with E-state index in [0.717, 1.165) is 16.3 Å². The molecule has 3 rings (SSSR count). The molecule has 0 heterocycles. The maximum absolute atomic E-state index is 12.7. The third-order valence-electron chi connectivity index (χ3n) is 5.69. The van der Waals surface area contributed by atoms with Crippen molar-refractivity contribution in [2.75, 3.05) is 13.7 Å². The van der Waals surface area contributed by atoms with E-state index < -0.39 is 28.0 Å². The summed E-state index contributed by atoms with van der Waals surface area (Å²) in [7, 11) is -2.57. The standard InChI is InChI=1S/C25H30N4O6S/c1-17(21-10-5-8-18-7-3-4-9-22(18)21)27-25(31)26-16-6-11-23(24(30)28-32)29-36(33,34)20-14-12-19(35-2)13-15-20/h3-5,7-10,12-15,17,23,29,32H,6,11,16H2,1-2H3,(H,28,30)(H2,26,27,31)/t17-,23-/m1/s1. The zero-order valence-corrected chi connectivity index (χ0v) is 20.8. The molecule has 0 unspecified atom stereocenters. The maximum Gasteiger partial charge on any atom is 0.315 e. The van der Waals surface area contributed by atoms with Crippen molar-refractivity contribution in [3.63, 3.8) is 0 Å². The lowest BCUT2D eigenvalue weighted by Crippen LogP contribution is -2.46. The van der Waals surface area contributed by atoms with Crippen LogP contribution in [0.25, 0.3) is 10.8 Å². The highest BCUT2D eigenvalue weighted by Gasteiger charge is 2.25. The second-order valence-electron chi connectivity index (χ2n) is 8.16. The van der Waals surface area contributed by atoms with Gasteiger partial charge in [0.1, 0.15) is 11.8 Å². The topological polar surface area (TPSA) is 146 Å². The number of ether oxygens (including phenoxy) is 1. The predicted octanol–water partition coefficient (Wildman–Crippen LogP) is 2.84. The van der Waals surface area contributed by atoms with Crippen LogP contribution in [0.4, 0.5) is 4.79 Å². The van der Waals surface area contributed by atoms with E-state index in [9.17, 15) is 18.0 Å². The lowest BCUT2D eigenvalue weighted by Gasteiger charge is -2.18. The summed E-state index contributed by atoms with van der Waals surface area (Å²) in [5.41, 5.74) is 2.46. The molecule has 0 spiro atoms. The highest BCUT2D eigenvalue weighted by Crippen LogP contribution is 2.24. The van der Waals surface area contributed by atoms with Crippen molar-refractivity contribution in [3.8, 4) is 5.75 Å². The van der Waals surface area contributed by atoms with Crippen molar-refractivity contribution in [1.82, 2.24) is 20.8 Å². The second-order valence-corrected chi connectivity index (χ2v) is 9.87. The van der Waals surface area contributed by atoms with Crippen molar-refractivity contribution in [1.29, 1.82) is 0 Å². The Morgan fingerprint density at radius 1 is 1.00 bits per heavy atom. The molecule has 0 aromatic heterocycles. The van der Waals surface area contributed by atoms with E-state index in [1.54, 1.807) is 0 Å². The van der Waals surface area contributed by atoms with Crippen LogP contribution >= 0.6 is 0 Å². The lowest BCUT2D eigenvalue weighted by molar-refractivity contribution is -0.131. The number of hydroxylamine groups is 1. The number of rotatable bonds is 11.